The first-order valence-electron chi connectivity index (χ1n) is 12.9. The number of hydrogen-bond donors (Lipinski definition) is 2. The summed E-state index contributed by atoms with van der Waals surface area (Å²) in [5, 5.41) is 5.50. The number of amides is 1. The minimum atomic E-state index is -0.647. The van der Waals surface area contributed by atoms with Gasteiger partial charge in [0.1, 0.15) is 17.0 Å². The topological polar surface area (TPSA) is 102 Å². The van der Waals surface area contributed by atoms with E-state index in [2.05, 4.69) is 38.1 Å². The molecule has 1 aromatic heterocycles. The Morgan fingerprint density at radius 1 is 0.976 bits per heavy atom. The van der Waals surface area contributed by atoms with Crippen molar-refractivity contribution in [2.45, 2.75) is 6.92 Å². The van der Waals surface area contributed by atoms with E-state index in [4.69, 9.17) is 25.8 Å². The summed E-state index contributed by atoms with van der Waals surface area (Å²) >= 11 is 8.31. The van der Waals surface area contributed by atoms with Crippen molar-refractivity contribution in [1.29, 1.82) is 0 Å². The van der Waals surface area contributed by atoms with Gasteiger partial charge in [-0.15, -0.1) is 0 Å². The van der Waals surface area contributed by atoms with E-state index in [0.717, 1.165) is 25.6 Å². The molecule has 1 heterocycles. The Balaban J connectivity index is 1.37. The first kappa shape index (κ1) is 29.2. The first-order valence-corrected chi connectivity index (χ1v) is 14.4. The van der Waals surface area contributed by atoms with Gasteiger partial charge in [0.25, 0.3) is 5.91 Å². The first-order chi connectivity index (χ1) is 20.4. The van der Waals surface area contributed by atoms with E-state index in [9.17, 15) is 9.59 Å². The fourth-order valence-electron chi connectivity index (χ4n) is 4.43. The molecule has 0 aliphatic carbocycles. The number of nitrogens with zero attached hydrogens (tertiary/aromatic N) is 1. The zero-order valence-corrected chi connectivity index (χ0v) is 25.5. The Kier molecular flexibility index (Phi) is 9.09. The van der Waals surface area contributed by atoms with Crippen LogP contribution in [0.4, 0.5) is 0 Å². The summed E-state index contributed by atoms with van der Waals surface area (Å²) in [4.78, 5) is 29.5. The van der Waals surface area contributed by atoms with Crippen LogP contribution in [-0.2, 0) is 0 Å². The van der Waals surface area contributed by atoms with Crippen LogP contribution in [0.25, 0.3) is 22.0 Å². The number of methoxy groups -OCH3 is 1. The van der Waals surface area contributed by atoms with Crippen molar-refractivity contribution in [3.63, 3.8) is 0 Å². The third kappa shape index (κ3) is 6.27. The zero-order chi connectivity index (χ0) is 29.6. The number of H-pyrrole nitrogens is 1. The number of hydrogen-bond acceptors (Lipinski definition) is 6. The van der Waals surface area contributed by atoms with Crippen molar-refractivity contribution in [2.75, 3.05) is 13.7 Å². The lowest BCUT2D eigenvalue weighted by Crippen LogP contribution is -2.19. The van der Waals surface area contributed by atoms with Crippen molar-refractivity contribution in [1.82, 2.24) is 10.4 Å². The molecule has 0 unspecified atom stereocenters. The van der Waals surface area contributed by atoms with Crippen LogP contribution in [0.2, 0.25) is 5.02 Å². The summed E-state index contributed by atoms with van der Waals surface area (Å²) in [6.07, 6.45) is 1.49. The summed E-state index contributed by atoms with van der Waals surface area (Å²) in [5.74, 6) is -0.153. The molecule has 42 heavy (non-hydrogen) atoms. The third-order valence-corrected chi connectivity index (χ3v) is 7.44. The molecule has 0 aliphatic heterocycles. The van der Waals surface area contributed by atoms with Gasteiger partial charge in [-0.2, -0.15) is 5.10 Å². The number of ether oxygens (including phenoxy) is 3. The minimum absolute atomic E-state index is 0.183. The zero-order valence-electron chi connectivity index (χ0n) is 22.6. The number of nitrogens with one attached hydrogen (secondary N) is 2. The van der Waals surface area contributed by atoms with Crippen LogP contribution in [0.5, 0.6) is 17.2 Å². The van der Waals surface area contributed by atoms with Crippen molar-refractivity contribution in [2.24, 2.45) is 5.10 Å². The summed E-state index contributed by atoms with van der Waals surface area (Å²) in [6.45, 7) is 2.15. The standard InChI is InChI=1S/C32H25ClIN3O5/c1-3-41-27-16-19(12-14-26(27)42-32(39)23-17-21(33)13-15-25(23)40-2)18-35-37-31(38)30-28(20-8-5-4-6-9-20)22-10-7-11-24(34)29(22)36-30/h4-18,36H,3H2,1-2H3,(H,37,38). The highest BCUT2D eigenvalue weighted by molar-refractivity contribution is 14.1. The molecule has 5 rings (SSSR count). The van der Waals surface area contributed by atoms with Gasteiger partial charge < -0.3 is 19.2 Å². The quantitative estimate of drug-likeness (QED) is 0.0548. The molecule has 0 radical (unpaired) electrons. The maximum atomic E-state index is 13.3. The van der Waals surface area contributed by atoms with Crippen LogP contribution in [0, 0.1) is 3.57 Å². The molecule has 0 aliphatic rings. The lowest BCUT2D eigenvalue weighted by molar-refractivity contribution is 0.0724. The number of rotatable bonds is 9. The maximum absolute atomic E-state index is 13.3. The minimum Gasteiger partial charge on any atom is -0.496 e. The molecule has 1 amide bonds. The number of para-hydroxylation sites is 1. The predicted octanol–water partition coefficient (Wildman–Crippen LogP) is 7.48. The highest BCUT2D eigenvalue weighted by Gasteiger charge is 2.21. The van der Waals surface area contributed by atoms with Gasteiger partial charge >= 0.3 is 5.97 Å². The molecule has 2 N–H and O–H groups in total. The molecule has 0 spiro atoms. The van der Waals surface area contributed by atoms with Crippen LogP contribution < -0.4 is 19.6 Å². The normalized spacial score (nSPS) is 11.0. The fourth-order valence-corrected chi connectivity index (χ4v) is 5.24. The average molecular weight is 694 g/mol. The van der Waals surface area contributed by atoms with Crippen molar-refractivity contribution in [3.8, 4) is 28.4 Å². The van der Waals surface area contributed by atoms with E-state index >= 15 is 0 Å². The Hall–Kier alpha value is -4.35. The molecule has 0 saturated heterocycles. The van der Waals surface area contributed by atoms with Crippen LogP contribution in [-0.4, -0.2) is 36.8 Å². The van der Waals surface area contributed by atoms with Crippen LogP contribution in [0.3, 0.4) is 0 Å². The lowest BCUT2D eigenvalue weighted by Gasteiger charge is -2.13. The van der Waals surface area contributed by atoms with Crippen LogP contribution in [0.1, 0.15) is 33.3 Å². The van der Waals surface area contributed by atoms with E-state index in [1.807, 2.05) is 55.5 Å². The molecule has 10 heteroatoms. The van der Waals surface area contributed by atoms with Crippen molar-refractivity contribution in [3.05, 3.63) is 110 Å². The Morgan fingerprint density at radius 2 is 1.76 bits per heavy atom. The van der Waals surface area contributed by atoms with Crippen molar-refractivity contribution >= 4 is 63.2 Å². The third-order valence-electron chi connectivity index (χ3n) is 6.30. The Morgan fingerprint density at radius 3 is 2.52 bits per heavy atom. The number of benzene rings is 4. The van der Waals surface area contributed by atoms with Gasteiger partial charge in [0.15, 0.2) is 11.5 Å². The van der Waals surface area contributed by atoms with Crippen LogP contribution in [0.15, 0.2) is 90.0 Å². The molecular formula is C32H25ClIN3O5. The molecule has 0 atom stereocenters. The number of aromatic nitrogens is 1. The number of esters is 1. The Bertz CT molecular complexity index is 1800. The van der Waals surface area contributed by atoms with E-state index < -0.39 is 5.97 Å². The fraction of sp³-hybridized carbons (Fsp3) is 0.0938. The van der Waals surface area contributed by atoms with E-state index in [-0.39, 0.29) is 17.2 Å². The second kappa shape index (κ2) is 13.1. The molecular weight excluding hydrogens is 669 g/mol. The molecule has 0 fully saturated rings. The monoisotopic (exact) mass is 693 g/mol. The largest absolute Gasteiger partial charge is 0.496 e. The van der Waals surface area contributed by atoms with Gasteiger partial charge in [0.2, 0.25) is 0 Å². The number of hydrazone groups is 1. The molecule has 5 aromatic rings. The van der Waals surface area contributed by atoms with Gasteiger partial charge in [-0.05, 0) is 83.1 Å². The molecule has 8 nitrogen and oxygen atoms in total. The number of aromatic amines is 1. The smallest absolute Gasteiger partial charge is 0.347 e. The molecule has 0 saturated carbocycles. The lowest BCUT2D eigenvalue weighted by atomic mass is 10.0. The van der Waals surface area contributed by atoms with Gasteiger partial charge in [0.05, 0.1) is 25.4 Å². The maximum Gasteiger partial charge on any atom is 0.347 e. The van der Waals surface area contributed by atoms with E-state index in [1.54, 1.807) is 30.3 Å². The second-order valence-corrected chi connectivity index (χ2v) is 10.6. The summed E-state index contributed by atoms with van der Waals surface area (Å²) in [6, 6.07) is 25.3. The average Bonchev–Trinajstić information content (AvgIpc) is 3.40. The highest BCUT2D eigenvalue weighted by Crippen LogP contribution is 2.35. The highest BCUT2D eigenvalue weighted by atomic mass is 127. The predicted molar refractivity (Wildman–Crippen MR) is 172 cm³/mol. The Labute approximate surface area is 260 Å². The summed E-state index contributed by atoms with van der Waals surface area (Å²) in [5.41, 5.74) is 6.43. The molecule has 4 aromatic carbocycles. The van der Waals surface area contributed by atoms with E-state index in [1.165, 1.54) is 19.4 Å². The van der Waals surface area contributed by atoms with Gasteiger partial charge in [-0.1, -0.05) is 54.1 Å². The SMILES string of the molecule is CCOc1cc(C=NNC(=O)c2[nH]c3c(I)cccc3c2-c2ccccc2)ccc1OC(=O)c1cc(Cl)ccc1OC. The number of halogens is 2. The van der Waals surface area contributed by atoms with Gasteiger partial charge in [-0.25, -0.2) is 10.2 Å². The van der Waals surface area contributed by atoms with Gasteiger partial charge in [0, 0.05) is 19.5 Å². The number of carbonyl (C=O) groups is 2. The summed E-state index contributed by atoms with van der Waals surface area (Å²) in [7, 11) is 1.46. The van der Waals surface area contributed by atoms with Crippen LogP contribution >= 0.6 is 34.2 Å². The molecule has 212 valence electrons. The number of fused-ring (bicyclic) bond motifs is 1. The second-order valence-electron chi connectivity index (χ2n) is 8.98. The van der Waals surface area contributed by atoms with Crippen molar-refractivity contribution < 1.29 is 23.8 Å². The summed E-state index contributed by atoms with van der Waals surface area (Å²) < 4.78 is 17.6. The molecule has 0 bridgehead atoms. The van der Waals surface area contributed by atoms with E-state index in [0.29, 0.717) is 34.4 Å². The number of carbonyl (C=O) groups excluding carboxylic acids is 2. The van der Waals surface area contributed by atoms with Gasteiger partial charge in [-0.3, -0.25) is 4.79 Å².